The predicted molar refractivity (Wildman–Crippen MR) is 203 cm³/mol. The third kappa shape index (κ3) is 9.97. The fourth-order valence-electron chi connectivity index (χ4n) is 4.59. The molecule has 0 aliphatic carbocycles. The maximum atomic E-state index is 12.9. The summed E-state index contributed by atoms with van der Waals surface area (Å²) in [7, 11) is 0. The number of hydrogen-bond donors (Lipinski definition) is 0. The lowest BCUT2D eigenvalue weighted by molar-refractivity contribution is -0.131. The van der Waals surface area contributed by atoms with Gasteiger partial charge in [-0.2, -0.15) is 0 Å². The minimum atomic E-state index is -0.752. The summed E-state index contributed by atoms with van der Waals surface area (Å²) in [6, 6.07) is 21.1. The largest absolute Gasteiger partial charge is 0.423 e. The van der Waals surface area contributed by atoms with Crippen LogP contribution in [0.4, 0.5) is 0 Å². The molecule has 0 unspecified atom stereocenters. The first-order valence-electron chi connectivity index (χ1n) is 16.2. The van der Waals surface area contributed by atoms with Crippen LogP contribution >= 0.6 is 0 Å². The van der Waals surface area contributed by atoms with Gasteiger partial charge in [0.05, 0.1) is 0 Å². The van der Waals surface area contributed by atoms with Gasteiger partial charge in [0, 0.05) is 50.6 Å². The van der Waals surface area contributed by atoms with E-state index in [2.05, 4.69) is 50.0 Å². The van der Waals surface area contributed by atoms with E-state index in [-0.39, 0.29) is 28.2 Å². The lowest BCUT2D eigenvalue weighted by Gasteiger charge is -2.18. The van der Waals surface area contributed by atoms with Crippen molar-refractivity contribution < 1.29 is 38.1 Å². The Morgan fingerprint density at radius 3 is 1.30 bits per heavy atom. The van der Waals surface area contributed by atoms with Crippen LogP contribution in [-0.4, -0.2) is 23.9 Å². The fourth-order valence-corrected chi connectivity index (χ4v) is 4.59. The minimum absolute atomic E-state index is 0.0431. The van der Waals surface area contributed by atoms with Gasteiger partial charge in [-0.25, -0.2) is 19.2 Å². The van der Waals surface area contributed by atoms with Crippen molar-refractivity contribution in [2.24, 2.45) is 0 Å². The van der Waals surface area contributed by atoms with Crippen molar-refractivity contribution in [1.29, 1.82) is 0 Å². The zero-order chi connectivity index (χ0) is 38.8. The van der Waals surface area contributed by atoms with Crippen LogP contribution in [0, 0.1) is 37.5 Å². The zero-order valence-corrected chi connectivity index (χ0v) is 30.1. The number of esters is 4. The third-order valence-corrected chi connectivity index (χ3v) is 7.51. The molecule has 0 atom stereocenters. The summed E-state index contributed by atoms with van der Waals surface area (Å²) in [6.07, 6.45) is 1.01. The lowest BCUT2D eigenvalue weighted by atomic mass is 9.95. The Bertz CT molecular complexity index is 2300. The second-order valence-electron chi connectivity index (χ2n) is 11.9. The molecular formula is C45H36O8. The van der Waals surface area contributed by atoms with Crippen molar-refractivity contribution in [2.45, 2.75) is 34.6 Å². The molecule has 0 spiro atoms. The van der Waals surface area contributed by atoms with Crippen molar-refractivity contribution in [3.05, 3.63) is 155 Å². The molecule has 0 heterocycles. The molecule has 0 saturated heterocycles. The molecule has 0 fully saturated rings. The molecule has 4 rings (SSSR count). The molecule has 264 valence electrons. The summed E-state index contributed by atoms with van der Waals surface area (Å²) in [5, 5.41) is 0. The van der Waals surface area contributed by atoms with Gasteiger partial charge in [-0.1, -0.05) is 74.3 Å². The van der Waals surface area contributed by atoms with Crippen LogP contribution in [-0.2, 0) is 19.2 Å². The first-order valence-corrected chi connectivity index (χ1v) is 16.2. The highest BCUT2D eigenvalue weighted by molar-refractivity contribution is 5.91. The summed E-state index contributed by atoms with van der Waals surface area (Å²) in [4.78, 5) is 49.2. The van der Waals surface area contributed by atoms with E-state index in [0.717, 1.165) is 17.2 Å². The maximum absolute atomic E-state index is 12.9. The van der Waals surface area contributed by atoms with Gasteiger partial charge in [0.2, 0.25) is 0 Å². The van der Waals surface area contributed by atoms with Crippen molar-refractivity contribution in [3.8, 4) is 57.8 Å². The Kier molecular flexibility index (Phi) is 12.5. The molecule has 53 heavy (non-hydrogen) atoms. The molecule has 0 aromatic heterocycles. The Morgan fingerprint density at radius 2 is 0.868 bits per heavy atom. The standard InChI is InChI=1S/C45H36O8/c1-10-40(46)52-41-30(8)38(25-15-32-11-17-34(18-12-32)35-19-23-37(24-20-35)51-44(48)28(4)5)31(9)42(53-45(49)29(6)7)39(41)26-16-33-13-21-36(22-14-33)50-43(47)27(2)3/h10-14,17-24H,1-2,4,6H2,3,5,7-9H3. The Labute approximate surface area is 309 Å². The van der Waals surface area contributed by atoms with E-state index >= 15 is 0 Å². The first-order chi connectivity index (χ1) is 25.2. The van der Waals surface area contributed by atoms with E-state index in [1.165, 1.54) is 6.92 Å². The Balaban J connectivity index is 1.75. The molecule has 8 heteroatoms. The van der Waals surface area contributed by atoms with E-state index < -0.39 is 23.9 Å². The summed E-state index contributed by atoms with van der Waals surface area (Å²) < 4.78 is 22.0. The molecule has 0 bridgehead atoms. The normalized spacial score (nSPS) is 9.91. The summed E-state index contributed by atoms with van der Waals surface area (Å²) >= 11 is 0. The first kappa shape index (κ1) is 38.6. The Hall–Kier alpha value is -7.16. The van der Waals surface area contributed by atoms with Crippen LogP contribution in [0.2, 0.25) is 0 Å². The molecule has 0 radical (unpaired) electrons. The van der Waals surface area contributed by atoms with E-state index in [0.29, 0.717) is 44.9 Å². The van der Waals surface area contributed by atoms with Gasteiger partial charge in [0.25, 0.3) is 0 Å². The van der Waals surface area contributed by atoms with Crippen LogP contribution in [0.1, 0.15) is 54.2 Å². The van der Waals surface area contributed by atoms with Crippen LogP contribution < -0.4 is 18.9 Å². The number of benzene rings is 4. The third-order valence-electron chi connectivity index (χ3n) is 7.51. The van der Waals surface area contributed by atoms with Gasteiger partial charge in [0.15, 0.2) is 11.5 Å². The molecule has 4 aromatic rings. The van der Waals surface area contributed by atoms with Gasteiger partial charge in [-0.3, -0.25) is 0 Å². The van der Waals surface area contributed by atoms with Gasteiger partial charge in [-0.05, 0) is 94.3 Å². The number of ether oxygens (including phenoxy) is 4. The predicted octanol–water partition coefficient (Wildman–Crippen LogP) is 8.31. The molecule has 8 nitrogen and oxygen atoms in total. The van der Waals surface area contributed by atoms with Crippen LogP contribution in [0.5, 0.6) is 23.0 Å². The van der Waals surface area contributed by atoms with Crippen LogP contribution in [0.25, 0.3) is 11.1 Å². The molecule has 0 N–H and O–H groups in total. The number of rotatable bonds is 9. The molecule has 0 saturated carbocycles. The smallest absolute Gasteiger partial charge is 0.338 e. The molecular weight excluding hydrogens is 668 g/mol. The second kappa shape index (κ2) is 17.2. The van der Waals surface area contributed by atoms with Crippen molar-refractivity contribution in [2.75, 3.05) is 0 Å². The maximum Gasteiger partial charge on any atom is 0.338 e. The van der Waals surface area contributed by atoms with Gasteiger partial charge < -0.3 is 18.9 Å². The fraction of sp³-hybridized carbons (Fsp3) is 0.111. The van der Waals surface area contributed by atoms with Crippen molar-refractivity contribution in [3.63, 3.8) is 0 Å². The highest BCUT2D eigenvalue weighted by Gasteiger charge is 2.24. The van der Waals surface area contributed by atoms with E-state index in [1.807, 2.05) is 36.4 Å². The van der Waals surface area contributed by atoms with Gasteiger partial charge in [0.1, 0.15) is 17.1 Å². The lowest BCUT2D eigenvalue weighted by Crippen LogP contribution is -2.14. The average Bonchev–Trinajstić information content (AvgIpc) is 3.14. The minimum Gasteiger partial charge on any atom is -0.423 e. The Morgan fingerprint density at radius 1 is 0.509 bits per heavy atom. The summed E-state index contributed by atoms with van der Waals surface area (Å²) in [5.74, 6) is 10.6. The number of carbonyl (C=O) groups is 4. The number of carbonyl (C=O) groups excluding carboxylic acids is 4. The highest BCUT2D eigenvalue weighted by Crippen LogP contribution is 2.39. The second-order valence-corrected chi connectivity index (χ2v) is 11.9. The van der Waals surface area contributed by atoms with Gasteiger partial charge >= 0.3 is 23.9 Å². The number of hydrogen-bond acceptors (Lipinski definition) is 8. The van der Waals surface area contributed by atoms with E-state index in [4.69, 9.17) is 18.9 Å². The van der Waals surface area contributed by atoms with Crippen LogP contribution in [0.3, 0.4) is 0 Å². The quantitative estimate of drug-likeness (QED) is 0.0742. The highest BCUT2D eigenvalue weighted by atomic mass is 16.6. The molecule has 0 amide bonds. The van der Waals surface area contributed by atoms with Crippen molar-refractivity contribution in [1.82, 2.24) is 0 Å². The monoisotopic (exact) mass is 704 g/mol. The van der Waals surface area contributed by atoms with E-state index in [1.54, 1.807) is 64.1 Å². The SMILES string of the molecule is C=CC(=O)Oc1c(C)c(C#Cc2ccc(-c3ccc(OC(=O)C(=C)C)cc3)cc2)c(C)c(OC(=O)C(=C)C)c1C#Cc1ccc(OC(=O)C(=C)C)cc1. The summed E-state index contributed by atoms with van der Waals surface area (Å²) in [5.41, 5.74) is 5.31. The zero-order valence-electron chi connectivity index (χ0n) is 30.1. The topological polar surface area (TPSA) is 105 Å². The van der Waals surface area contributed by atoms with Gasteiger partial charge in [-0.15, -0.1) is 0 Å². The average molecular weight is 705 g/mol. The van der Waals surface area contributed by atoms with Crippen molar-refractivity contribution >= 4 is 23.9 Å². The molecule has 4 aromatic carbocycles. The molecule has 0 aliphatic rings. The molecule has 0 aliphatic heterocycles. The van der Waals surface area contributed by atoms with E-state index in [9.17, 15) is 19.2 Å². The summed E-state index contributed by atoms with van der Waals surface area (Å²) in [6.45, 7) is 22.5. The van der Waals surface area contributed by atoms with Crippen LogP contribution in [0.15, 0.2) is 122 Å².